The number of nitrogens with two attached hydrogens (primary N) is 1. The fourth-order valence-corrected chi connectivity index (χ4v) is 4.39. The van der Waals surface area contributed by atoms with Crippen molar-refractivity contribution >= 4 is 44.9 Å². The largest absolute Gasteiger partial charge is 0.368 e. The number of hydrogen-bond acceptors (Lipinski definition) is 7. The molecule has 1 aliphatic heterocycles. The molecule has 0 unspecified atom stereocenters. The van der Waals surface area contributed by atoms with Gasteiger partial charge in [-0.25, -0.2) is 9.97 Å². The lowest BCUT2D eigenvalue weighted by molar-refractivity contribution is 0.198. The van der Waals surface area contributed by atoms with Gasteiger partial charge in [0.15, 0.2) is 0 Å². The number of fused-ring (bicyclic) bond motifs is 1. The molecule has 1 fully saturated rings. The van der Waals surface area contributed by atoms with Crippen LogP contribution in [0.3, 0.4) is 0 Å². The van der Waals surface area contributed by atoms with E-state index in [4.69, 9.17) is 22.3 Å². The van der Waals surface area contributed by atoms with Gasteiger partial charge < -0.3 is 10.6 Å². The summed E-state index contributed by atoms with van der Waals surface area (Å²) in [4.78, 5) is 17.7. The van der Waals surface area contributed by atoms with Crippen LogP contribution in [0.4, 0.5) is 11.8 Å². The molecule has 25 heavy (non-hydrogen) atoms. The number of nitrogens with zero attached hydrogens (tertiary/aromatic N) is 5. The van der Waals surface area contributed by atoms with Gasteiger partial charge in [0, 0.05) is 32.2 Å². The highest BCUT2D eigenvalue weighted by atomic mass is 35.5. The van der Waals surface area contributed by atoms with Gasteiger partial charge in [0.2, 0.25) is 5.95 Å². The molecule has 2 aromatic heterocycles. The van der Waals surface area contributed by atoms with Crippen molar-refractivity contribution < 1.29 is 0 Å². The molecule has 1 aromatic carbocycles. The molecule has 130 valence electrons. The number of thiazole rings is 1. The van der Waals surface area contributed by atoms with Crippen LogP contribution in [0.25, 0.3) is 10.2 Å². The van der Waals surface area contributed by atoms with Gasteiger partial charge in [-0.2, -0.15) is 4.98 Å². The maximum absolute atomic E-state index is 5.99. The van der Waals surface area contributed by atoms with Crippen molar-refractivity contribution in [1.82, 2.24) is 19.9 Å². The molecular weight excluding hydrogens is 356 g/mol. The summed E-state index contributed by atoms with van der Waals surface area (Å²) in [6.07, 6.45) is 0. The van der Waals surface area contributed by atoms with Gasteiger partial charge in [0.05, 0.1) is 16.3 Å². The summed E-state index contributed by atoms with van der Waals surface area (Å²) in [6.45, 7) is 5.87. The Bertz CT molecular complexity index is 836. The fraction of sp³-hybridized carbons (Fsp3) is 0.353. The molecule has 0 saturated carbocycles. The molecule has 0 radical (unpaired) electrons. The summed E-state index contributed by atoms with van der Waals surface area (Å²) in [5, 5.41) is 1.55. The first kappa shape index (κ1) is 16.5. The zero-order valence-corrected chi connectivity index (χ0v) is 15.5. The van der Waals surface area contributed by atoms with Crippen LogP contribution in [0, 0.1) is 0 Å². The van der Waals surface area contributed by atoms with E-state index in [1.54, 1.807) is 17.4 Å². The Balaban J connectivity index is 1.45. The average molecular weight is 375 g/mol. The maximum Gasteiger partial charge on any atom is 0.223 e. The van der Waals surface area contributed by atoms with Crippen LogP contribution in [-0.4, -0.2) is 46.0 Å². The van der Waals surface area contributed by atoms with Crippen molar-refractivity contribution in [1.29, 1.82) is 0 Å². The summed E-state index contributed by atoms with van der Waals surface area (Å²) in [6, 6.07) is 10.4. The second kappa shape index (κ2) is 6.74. The van der Waals surface area contributed by atoms with Gasteiger partial charge in [0.25, 0.3) is 0 Å². The second-order valence-corrected chi connectivity index (χ2v) is 7.58. The number of benzene rings is 1. The first-order chi connectivity index (χ1) is 12.1. The van der Waals surface area contributed by atoms with Crippen LogP contribution in [-0.2, 0) is 0 Å². The maximum atomic E-state index is 5.99. The Morgan fingerprint density at radius 1 is 1.12 bits per heavy atom. The third kappa shape index (κ3) is 3.40. The highest BCUT2D eigenvalue weighted by molar-refractivity contribution is 7.18. The molecule has 6 nitrogen and oxygen atoms in total. The van der Waals surface area contributed by atoms with Crippen molar-refractivity contribution in [2.24, 2.45) is 0 Å². The summed E-state index contributed by atoms with van der Waals surface area (Å²) in [5.41, 5.74) is 6.79. The number of para-hydroxylation sites is 1. The van der Waals surface area contributed by atoms with E-state index >= 15 is 0 Å². The summed E-state index contributed by atoms with van der Waals surface area (Å²) < 4.78 is 1.24. The van der Waals surface area contributed by atoms with E-state index in [2.05, 4.69) is 44.9 Å². The fourth-order valence-electron chi connectivity index (χ4n) is 3.15. The molecule has 0 bridgehead atoms. The van der Waals surface area contributed by atoms with E-state index in [0.717, 1.165) is 37.5 Å². The standard InChI is InChI=1S/C17H19ClN6S/c1-11(16-20-12-4-2-3-5-13(12)25-16)23-6-8-24(9-7-23)15-10-14(18)21-17(19)22-15/h2-5,10-11H,6-9H2,1H3,(H2,19,21,22)/t11-/m0/s1. The zero-order chi connectivity index (χ0) is 17.4. The van der Waals surface area contributed by atoms with Crippen molar-refractivity contribution in [2.75, 3.05) is 36.8 Å². The second-order valence-electron chi connectivity index (χ2n) is 6.13. The van der Waals surface area contributed by atoms with Gasteiger partial charge in [-0.3, -0.25) is 4.90 Å². The van der Waals surface area contributed by atoms with E-state index in [1.807, 2.05) is 6.07 Å². The van der Waals surface area contributed by atoms with Gasteiger partial charge in [-0.15, -0.1) is 11.3 Å². The Kier molecular flexibility index (Phi) is 4.45. The number of nitrogen functional groups attached to an aromatic ring is 1. The first-order valence-electron chi connectivity index (χ1n) is 8.24. The number of rotatable bonds is 3. The van der Waals surface area contributed by atoms with Crippen LogP contribution < -0.4 is 10.6 Å². The third-order valence-corrected chi connectivity index (χ3v) is 5.95. The summed E-state index contributed by atoms with van der Waals surface area (Å²) in [7, 11) is 0. The molecule has 0 amide bonds. The Morgan fingerprint density at radius 3 is 2.60 bits per heavy atom. The van der Waals surface area contributed by atoms with Crippen LogP contribution >= 0.6 is 22.9 Å². The Morgan fingerprint density at radius 2 is 1.88 bits per heavy atom. The molecule has 0 aliphatic carbocycles. The van der Waals surface area contributed by atoms with Crippen LogP contribution in [0.2, 0.25) is 5.15 Å². The molecule has 0 spiro atoms. The smallest absolute Gasteiger partial charge is 0.223 e. The molecule has 3 heterocycles. The molecule has 1 saturated heterocycles. The quantitative estimate of drug-likeness (QED) is 0.710. The SMILES string of the molecule is C[C@@H](c1nc2ccccc2s1)N1CCN(c2cc(Cl)nc(N)n2)CC1. The minimum absolute atomic E-state index is 0.216. The number of hydrogen-bond donors (Lipinski definition) is 1. The van der Waals surface area contributed by atoms with Crippen molar-refractivity contribution in [2.45, 2.75) is 13.0 Å². The monoisotopic (exact) mass is 374 g/mol. The Labute approximate surface area is 155 Å². The Hall–Kier alpha value is -1.96. The highest BCUT2D eigenvalue weighted by Gasteiger charge is 2.25. The molecule has 1 aliphatic rings. The van der Waals surface area contributed by atoms with E-state index in [1.165, 1.54) is 9.71 Å². The number of aromatic nitrogens is 3. The van der Waals surface area contributed by atoms with Gasteiger partial charge in [0.1, 0.15) is 16.0 Å². The number of halogens is 1. The lowest BCUT2D eigenvalue weighted by Crippen LogP contribution is -2.47. The van der Waals surface area contributed by atoms with Crippen molar-refractivity contribution in [3.63, 3.8) is 0 Å². The van der Waals surface area contributed by atoms with Crippen molar-refractivity contribution in [3.05, 3.63) is 40.5 Å². The molecule has 8 heteroatoms. The number of piperazine rings is 1. The summed E-state index contributed by atoms with van der Waals surface area (Å²) >= 11 is 7.77. The van der Waals surface area contributed by atoms with Gasteiger partial charge in [-0.05, 0) is 19.1 Å². The zero-order valence-electron chi connectivity index (χ0n) is 13.9. The predicted molar refractivity (Wildman–Crippen MR) is 103 cm³/mol. The van der Waals surface area contributed by atoms with Crippen LogP contribution in [0.15, 0.2) is 30.3 Å². The van der Waals surface area contributed by atoms with Gasteiger partial charge in [-0.1, -0.05) is 23.7 Å². The first-order valence-corrected chi connectivity index (χ1v) is 9.44. The molecular formula is C17H19ClN6S. The van der Waals surface area contributed by atoms with E-state index in [0.29, 0.717) is 11.2 Å². The molecule has 2 N–H and O–H groups in total. The van der Waals surface area contributed by atoms with Crippen LogP contribution in [0.5, 0.6) is 0 Å². The molecule has 4 rings (SSSR count). The van der Waals surface area contributed by atoms with Crippen LogP contribution in [0.1, 0.15) is 18.0 Å². The summed E-state index contributed by atoms with van der Waals surface area (Å²) in [5.74, 6) is 1.01. The minimum atomic E-state index is 0.216. The normalized spacial score (nSPS) is 17.1. The highest BCUT2D eigenvalue weighted by Crippen LogP contribution is 2.30. The lowest BCUT2D eigenvalue weighted by Gasteiger charge is -2.37. The van der Waals surface area contributed by atoms with Crippen molar-refractivity contribution in [3.8, 4) is 0 Å². The molecule has 1 atom stereocenters. The predicted octanol–water partition coefficient (Wildman–Crippen LogP) is 3.21. The minimum Gasteiger partial charge on any atom is -0.368 e. The topological polar surface area (TPSA) is 71.2 Å². The average Bonchev–Trinajstić information content (AvgIpc) is 3.04. The van der Waals surface area contributed by atoms with E-state index in [-0.39, 0.29) is 5.95 Å². The molecule has 3 aromatic rings. The third-order valence-electron chi connectivity index (χ3n) is 4.55. The van der Waals surface area contributed by atoms with E-state index < -0.39 is 0 Å². The number of anilines is 2. The van der Waals surface area contributed by atoms with Gasteiger partial charge >= 0.3 is 0 Å². The van der Waals surface area contributed by atoms with E-state index in [9.17, 15) is 0 Å². The lowest BCUT2D eigenvalue weighted by atomic mass is 10.2.